The third kappa shape index (κ3) is 4.27. The lowest BCUT2D eigenvalue weighted by Gasteiger charge is -2.35. The van der Waals surface area contributed by atoms with Gasteiger partial charge in [-0.3, -0.25) is 9.69 Å². The lowest BCUT2D eigenvalue weighted by atomic mass is 10.1. The summed E-state index contributed by atoms with van der Waals surface area (Å²) in [4.78, 5) is 25.2. The van der Waals surface area contributed by atoms with Crippen LogP contribution < -0.4 is 0 Å². The summed E-state index contributed by atoms with van der Waals surface area (Å²) in [5.41, 5.74) is -0.579. The third-order valence-electron chi connectivity index (χ3n) is 2.41. The van der Waals surface area contributed by atoms with Gasteiger partial charge in [-0.25, -0.2) is 4.79 Å². The number of hydrogen-bond donors (Lipinski definition) is 0. The summed E-state index contributed by atoms with van der Waals surface area (Å²) in [7, 11) is 1.44. The monoisotopic (exact) mass is 259 g/mol. The van der Waals surface area contributed by atoms with E-state index in [1.807, 2.05) is 0 Å². The molecule has 104 valence electrons. The molecule has 6 heteroatoms. The number of carbonyl (C=O) groups excluding carboxylic acids is 2. The van der Waals surface area contributed by atoms with Crippen molar-refractivity contribution in [2.24, 2.45) is 0 Å². The van der Waals surface area contributed by atoms with Crippen molar-refractivity contribution in [3.05, 3.63) is 0 Å². The van der Waals surface area contributed by atoms with Crippen molar-refractivity contribution >= 4 is 11.9 Å². The maximum atomic E-state index is 12.0. The molecule has 1 heterocycles. The van der Waals surface area contributed by atoms with Crippen LogP contribution in [0.4, 0.5) is 4.79 Å². The second-order valence-corrected chi connectivity index (χ2v) is 5.16. The lowest BCUT2D eigenvalue weighted by Crippen LogP contribution is -2.54. The smallest absolute Gasteiger partial charge is 0.411 e. The van der Waals surface area contributed by atoms with Crippen molar-refractivity contribution in [3.8, 4) is 0 Å². The average Bonchev–Trinajstić information content (AvgIpc) is 2.27. The number of ether oxygens (including phenoxy) is 3. The highest BCUT2D eigenvalue weighted by Crippen LogP contribution is 2.15. The Morgan fingerprint density at radius 1 is 1.39 bits per heavy atom. The molecule has 1 rings (SSSR count). The number of ketones is 1. The van der Waals surface area contributed by atoms with E-state index in [4.69, 9.17) is 14.2 Å². The van der Waals surface area contributed by atoms with E-state index in [0.717, 1.165) is 0 Å². The molecule has 0 aromatic heterocycles. The van der Waals surface area contributed by atoms with Gasteiger partial charge in [-0.2, -0.15) is 0 Å². The van der Waals surface area contributed by atoms with Crippen LogP contribution in [0.1, 0.15) is 20.8 Å². The van der Waals surface area contributed by atoms with Gasteiger partial charge in [0.2, 0.25) is 0 Å². The summed E-state index contributed by atoms with van der Waals surface area (Å²) in [6, 6.07) is -0.617. The van der Waals surface area contributed by atoms with E-state index >= 15 is 0 Å². The molecular formula is C12H21NO5. The Morgan fingerprint density at radius 3 is 2.61 bits per heavy atom. The molecule has 0 aliphatic carbocycles. The fourth-order valence-electron chi connectivity index (χ4n) is 1.65. The number of hydrogen-bond acceptors (Lipinski definition) is 5. The maximum Gasteiger partial charge on any atom is 0.411 e. The quantitative estimate of drug-likeness (QED) is 0.751. The minimum Gasteiger partial charge on any atom is -0.444 e. The molecule has 1 fully saturated rings. The number of nitrogens with zero attached hydrogens (tertiary/aromatic N) is 1. The van der Waals surface area contributed by atoms with Crippen LogP contribution in [0.3, 0.4) is 0 Å². The molecule has 1 aliphatic heterocycles. The summed E-state index contributed by atoms with van der Waals surface area (Å²) in [6.45, 7) is 6.30. The average molecular weight is 259 g/mol. The Balaban J connectivity index is 2.70. The predicted octanol–water partition coefficient (Wildman–Crippen LogP) is 0.838. The molecule has 18 heavy (non-hydrogen) atoms. The van der Waals surface area contributed by atoms with Crippen LogP contribution in [0.2, 0.25) is 0 Å². The standard InChI is InChI=1S/C12H21NO5/c1-12(2,3)18-11(15)13-5-6-17-7-9(13)10(14)8-16-4/h9H,5-8H2,1-4H3. The number of carbonyl (C=O) groups is 2. The molecule has 0 aromatic carbocycles. The topological polar surface area (TPSA) is 65.1 Å². The first kappa shape index (κ1) is 14.9. The zero-order valence-corrected chi connectivity index (χ0v) is 11.4. The second-order valence-electron chi connectivity index (χ2n) is 5.16. The summed E-state index contributed by atoms with van der Waals surface area (Å²) in [5, 5.41) is 0. The van der Waals surface area contributed by atoms with Crippen molar-refractivity contribution in [3.63, 3.8) is 0 Å². The Kier molecular flexibility index (Phi) is 5.10. The van der Waals surface area contributed by atoms with Crippen molar-refractivity contribution in [2.45, 2.75) is 32.4 Å². The van der Waals surface area contributed by atoms with Crippen LogP contribution in [-0.2, 0) is 19.0 Å². The van der Waals surface area contributed by atoms with Gasteiger partial charge in [0.15, 0.2) is 5.78 Å². The van der Waals surface area contributed by atoms with E-state index in [-0.39, 0.29) is 19.0 Å². The van der Waals surface area contributed by atoms with Gasteiger partial charge in [0.25, 0.3) is 0 Å². The van der Waals surface area contributed by atoms with Crippen molar-refractivity contribution in [2.75, 3.05) is 33.5 Å². The Morgan fingerprint density at radius 2 is 2.06 bits per heavy atom. The number of amides is 1. The Labute approximate surface area is 107 Å². The molecule has 0 aromatic rings. The van der Waals surface area contributed by atoms with Crippen molar-refractivity contribution in [1.82, 2.24) is 4.90 Å². The van der Waals surface area contributed by atoms with Gasteiger partial charge < -0.3 is 14.2 Å². The summed E-state index contributed by atoms with van der Waals surface area (Å²) in [5.74, 6) is -0.178. The maximum absolute atomic E-state index is 12.0. The fraction of sp³-hybridized carbons (Fsp3) is 0.833. The van der Waals surface area contributed by atoms with Crippen molar-refractivity contribution in [1.29, 1.82) is 0 Å². The first-order valence-electron chi connectivity index (χ1n) is 5.94. The number of Topliss-reactive ketones (excluding diaryl/α,β-unsaturated/α-hetero) is 1. The summed E-state index contributed by atoms with van der Waals surface area (Å²) in [6.07, 6.45) is -0.486. The summed E-state index contributed by atoms with van der Waals surface area (Å²) >= 11 is 0. The molecule has 0 radical (unpaired) electrons. The van der Waals surface area contributed by atoms with Crippen molar-refractivity contribution < 1.29 is 23.8 Å². The largest absolute Gasteiger partial charge is 0.444 e. The van der Waals surface area contributed by atoms with Crippen LogP contribution in [0.5, 0.6) is 0 Å². The molecule has 1 unspecified atom stereocenters. The van der Waals surface area contributed by atoms with E-state index < -0.39 is 17.7 Å². The molecule has 6 nitrogen and oxygen atoms in total. The second kappa shape index (κ2) is 6.15. The van der Waals surface area contributed by atoms with E-state index in [9.17, 15) is 9.59 Å². The molecule has 0 saturated carbocycles. The molecule has 1 saturated heterocycles. The summed E-state index contributed by atoms with van der Waals surface area (Å²) < 4.78 is 15.3. The molecular weight excluding hydrogens is 238 g/mol. The van der Waals surface area contributed by atoms with Gasteiger partial charge in [-0.15, -0.1) is 0 Å². The lowest BCUT2D eigenvalue weighted by molar-refractivity contribution is -0.133. The van der Waals surface area contributed by atoms with Gasteiger partial charge in [0.1, 0.15) is 18.2 Å². The molecule has 1 aliphatic rings. The highest BCUT2D eigenvalue weighted by atomic mass is 16.6. The molecule has 0 N–H and O–H groups in total. The Bertz CT molecular complexity index is 310. The predicted molar refractivity (Wildman–Crippen MR) is 64.4 cm³/mol. The number of methoxy groups -OCH3 is 1. The first-order chi connectivity index (χ1) is 8.35. The van der Waals surface area contributed by atoms with Crippen LogP contribution in [0.25, 0.3) is 0 Å². The number of morpholine rings is 1. The van der Waals surface area contributed by atoms with Gasteiger partial charge in [-0.05, 0) is 20.8 Å². The van der Waals surface area contributed by atoms with Crippen LogP contribution in [0.15, 0.2) is 0 Å². The zero-order chi connectivity index (χ0) is 13.8. The Hall–Kier alpha value is -1.14. The minimum absolute atomic E-state index is 0.0344. The molecule has 1 atom stereocenters. The normalized spacial score (nSPS) is 20.7. The fourth-order valence-corrected chi connectivity index (χ4v) is 1.65. The highest BCUT2D eigenvalue weighted by Gasteiger charge is 2.35. The molecule has 0 bridgehead atoms. The van der Waals surface area contributed by atoms with Crippen LogP contribution >= 0.6 is 0 Å². The van der Waals surface area contributed by atoms with E-state index in [1.165, 1.54) is 12.0 Å². The number of rotatable bonds is 3. The van der Waals surface area contributed by atoms with Crippen LogP contribution in [0, 0.1) is 0 Å². The van der Waals surface area contributed by atoms with Gasteiger partial charge in [0, 0.05) is 13.7 Å². The zero-order valence-electron chi connectivity index (χ0n) is 11.4. The minimum atomic E-state index is -0.617. The van der Waals surface area contributed by atoms with E-state index in [0.29, 0.717) is 13.2 Å². The third-order valence-corrected chi connectivity index (χ3v) is 2.41. The molecule has 0 spiro atoms. The van der Waals surface area contributed by atoms with Gasteiger partial charge in [0.05, 0.1) is 13.2 Å². The first-order valence-corrected chi connectivity index (χ1v) is 5.94. The van der Waals surface area contributed by atoms with Gasteiger partial charge >= 0.3 is 6.09 Å². The highest BCUT2D eigenvalue weighted by molar-refractivity contribution is 5.88. The SMILES string of the molecule is COCC(=O)C1COCCN1C(=O)OC(C)(C)C. The van der Waals surface area contributed by atoms with E-state index in [2.05, 4.69) is 0 Å². The molecule has 1 amide bonds. The van der Waals surface area contributed by atoms with Crippen LogP contribution in [-0.4, -0.2) is 61.9 Å². The van der Waals surface area contributed by atoms with Gasteiger partial charge in [-0.1, -0.05) is 0 Å². The van der Waals surface area contributed by atoms with E-state index in [1.54, 1.807) is 20.8 Å².